The van der Waals surface area contributed by atoms with Crippen molar-refractivity contribution in [3.8, 4) is 0 Å². The molecule has 1 aromatic heterocycles. The van der Waals surface area contributed by atoms with E-state index in [9.17, 15) is 0 Å². The van der Waals surface area contributed by atoms with Gasteiger partial charge in [-0.2, -0.15) is 0 Å². The molecule has 0 amide bonds. The minimum absolute atomic E-state index is 0.468. The zero-order valence-corrected chi connectivity index (χ0v) is 17.1. The molecule has 0 saturated heterocycles. The van der Waals surface area contributed by atoms with E-state index < -0.39 is 0 Å². The molecule has 0 aliphatic heterocycles. The van der Waals surface area contributed by atoms with Crippen molar-refractivity contribution >= 4 is 17.3 Å². The molecule has 0 bridgehead atoms. The summed E-state index contributed by atoms with van der Waals surface area (Å²) in [5.41, 5.74) is 2.49. The average molecular weight is 374 g/mol. The van der Waals surface area contributed by atoms with Crippen LogP contribution < -0.4 is 10.6 Å². The number of hydrogen-bond acceptors (Lipinski definition) is 4. The maximum atomic E-state index is 4.66. The van der Waals surface area contributed by atoms with Crippen LogP contribution in [-0.2, 0) is 13.1 Å². The monoisotopic (exact) mass is 373 g/mol. The molecule has 5 nitrogen and oxygen atoms in total. The molecule has 6 heteroatoms. The summed E-state index contributed by atoms with van der Waals surface area (Å²) >= 11 is 1.69. The number of rotatable bonds is 9. The topological polar surface area (TPSA) is 52.6 Å². The van der Waals surface area contributed by atoms with E-state index in [0.29, 0.717) is 12.5 Å². The summed E-state index contributed by atoms with van der Waals surface area (Å²) in [5, 5.41) is 9.91. The number of nitrogens with one attached hydrogen (secondary N) is 2. The van der Waals surface area contributed by atoms with Gasteiger partial charge in [-0.15, -0.1) is 11.3 Å². The Hall–Kier alpha value is -1.92. The van der Waals surface area contributed by atoms with Crippen LogP contribution in [0.25, 0.3) is 0 Å². The normalized spacial score (nSPS) is 12.0. The summed E-state index contributed by atoms with van der Waals surface area (Å²) in [6, 6.07) is 10.5. The first-order chi connectivity index (χ1) is 12.6. The molecule has 0 atom stereocenters. The largest absolute Gasteiger partial charge is 0.357 e. The zero-order valence-electron chi connectivity index (χ0n) is 16.3. The molecule has 142 valence electrons. The molecule has 0 fully saturated rings. The first-order valence-corrected chi connectivity index (χ1v) is 10.2. The third-order valence-electron chi connectivity index (χ3n) is 3.96. The quantitative estimate of drug-likeness (QED) is 0.522. The summed E-state index contributed by atoms with van der Waals surface area (Å²) in [7, 11) is 2.14. The van der Waals surface area contributed by atoms with Gasteiger partial charge in [0.15, 0.2) is 5.96 Å². The van der Waals surface area contributed by atoms with Gasteiger partial charge in [0.25, 0.3) is 0 Å². The Balaban J connectivity index is 1.79. The van der Waals surface area contributed by atoms with Crippen molar-refractivity contribution in [1.82, 2.24) is 20.5 Å². The van der Waals surface area contributed by atoms with E-state index >= 15 is 0 Å². The van der Waals surface area contributed by atoms with E-state index in [2.05, 4.69) is 89.0 Å². The molecular weight excluding hydrogens is 342 g/mol. The molecule has 0 aliphatic carbocycles. The van der Waals surface area contributed by atoms with Gasteiger partial charge in [-0.05, 0) is 25.5 Å². The van der Waals surface area contributed by atoms with Crippen LogP contribution in [0.2, 0.25) is 0 Å². The lowest BCUT2D eigenvalue weighted by Crippen LogP contribution is -2.40. The third kappa shape index (κ3) is 7.14. The second kappa shape index (κ2) is 10.9. The van der Waals surface area contributed by atoms with E-state index in [1.54, 1.807) is 11.3 Å². The van der Waals surface area contributed by atoms with Crippen molar-refractivity contribution in [3.63, 3.8) is 0 Å². The Morgan fingerprint density at radius 1 is 1.23 bits per heavy atom. The van der Waals surface area contributed by atoms with E-state index in [1.807, 2.05) is 0 Å². The highest BCUT2D eigenvalue weighted by atomic mass is 32.1. The fourth-order valence-electron chi connectivity index (χ4n) is 2.49. The van der Waals surface area contributed by atoms with Gasteiger partial charge in [0.2, 0.25) is 0 Å². The predicted molar refractivity (Wildman–Crippen MR) is 112 cm³/mol. The summed E-state index contributed by atoms with van der Waals surface area (Å²) in [5.74, 6) is 1.32. The Morgan fingerprint density at radius 3 is 2.65 bits per heavy atom. The molecule has 1 heterocycles. The first-order valence-electron chi connectivity index (χ1n) is 9.27. The van der Waals surface area contributed by atoms with Crippen LogP contribution in [0.5, 0.6) is 0 Å². The molecule has 2 N–H and O–H groups in total. The number of guanidine groups is 1. The van der Waals surface area contributed by atoms with Crippen LogP contribution in [0.15, 0.2) is 40.7 Å². The van der Waals surface area contributed by atoms with Gasteiger partial charge in [-0.3, -0.25) is 0 Å². The molecule has 2 rings (SSSR count). The molecule has 0 saturated carbocycles. The second-order valence-corrected chi connectivity index (χ2v) is 7.61. The van der Waals surface area contributed by atoms with E-state index in [-0.39, 0.29) is 0 Å². The van der Waals surface area contributed by atoms with Gasteiger partial charge in [-0.1, -0.05) is 44.2 Å². The van der Waals surface area contributed by atoms with Gasteiger partial charge >= 0.3 is 0 Å². The van der Waals surface area contributed by atoms with Crippen LogP contribution in [0.1, 0.15) is 43.0 Å². The number of aliphatic imine (C=N–C) groups is 1. The van der Waals surface area contributed by atoms with Crippen LogP contribution in [-0.4, -0.2) is 42.5 Å². The highest BCUT2D eigenvalue weighted by Gasteiger charge is 2.06. The van der Waals surface area contributed by atoms with Crippen molar-refractivity contribution in [2.45, 2.75) is 39.8 Å². The van der Waals surface area contributed by atoms with Gasteiger partial charge < -0.3 is 15.5 Å². The van der Waals surface area contributed by atoms with Crippen molar-refractivity contribution < 1.29 is 0 Å². The predicted octanol–water partition coefficient (Wildman–Crippen LogP) is 3.45. The number of aromatic nitrogens is 1. The van der Waals surface area contributed by atoms with Crippen molar-refractivity contribution in [1.29, 1.82) is 0 Å². The fraction of sp³-hybridized carbons (Fsp3) is 0.500. The van der Waals surface area contributed by atoms with Crippen molar-refractivity contribution in [3.05, 3.63) is 52.0 Å². The number of benzene rings is 1. The summed E-state index contributed by atoms with van der Waals surface area (Å²) in [4.78, 5) is 11.6. The molecule has 0 aliphatic rings. The SMILES string of the molecule is CCNC(=NCc1nc(C(C)C)cs1)NCCN(C)Cc1ccccc1. The van der Waals surface area contributed by atoms with E-state index in [4.69, 9.17) is 0 Å². The lowest BCUT2D eigenvalue weighted by Gasteiger charge is -2.18. The average Bonchev–Trinajstić information content (AvgIpc) is 3.10. The van der Waals surface area contributed by atoms with Crippen LogP contribution >= 0.6 is 11.3 Å². The lowest BCUT2D eigenvalue weighted by molar-refractivity contribution is 0.331. The molecule has 26 heavy (non-hydrogen) atoms. The zero-order chi connectivity index (χ0) is 18.8. The molecule has 2 aromatic rings. The van der Waals surface area contributed by atoms with Gasteiger partial charge in [0, 0.05) is 31.6 Å². The summed E-state index contributed by atoms with van der Waals surface area (Å²) < 4.78 is 0. The first kappa shape index (κ1) is 20.4. The van der Waals surface area contributed by atoms with Crippen molar-refractivity contribution in [2.75, 3.05) is 26.7 Å². The Labute approximate surface area is 161 Å². The van der Waals surface area contributed by atoms with Crippen molar-refractivity contribution in [2.24, 2.45) is 4.99 Å². The highest BCUT2D eigenvalue weighted by Crippen LogP contribution is 2.18. The maximum Gasteiger partial charge on any atom is 0.191 e. The van der Waals surface area contributed by atoms with Gasteiger partial charge in [-0.25, -0.2) is 9.98 Å². The highest BCUT2D eigenvalue weighted by molar-refractivity contribution is 7.09. The third-order valence-corrected chi connectivity index (χ3v) is 4.81. The maximum absolute atomic E-state index is 4.66. The standard InChI is InChI=1S/C20H31N5S/c1-5-21-20(23-13-19-24-18(15-26-19)16(2)3)22-11-12-25(4)14-17-9-7-6-8-10-17/h6-10,15-16H,5,11-14H2,1-4H3,(H2,21,22,23). The minimum atomic E-state index is 0.468. The smallest absolute Gasteiger partial charge is 0.191 e. The second-order valence-electron chi connectivity index (χ2n) is 6.67. The Bertz CT molecular complexity index is 666. The fourth-order valence-corrected chi connectivity index (χ4v) is 3.37. The molecule has 1 aromatic carbocycles. The number of thiazole rings is 1. The molecule has 0 spiro atoms. The lowest BCUT2D eigenvalue weighted by atomic mass is 10.2. The van der Waals surface area contributed by atoms with E-state index in [1.165, 1.54) is 5.56 Å². The van der Waals surface area contributed by atoms with E-state index in [0.717, 1.165) is 42.8 Å². The minimum Gasteiger partial charge on any atom is -0.357 e. The number of likely N-dealkylation sites (N-methyl/N-ethyl adjacent to an activating group) is 1. The number of nitrogens with zero attached hydrogens (tertiary/aromatic N) is 3. The van der Waals surface area contributed by atoms with Crippen LogP contribution in [0.3, 0.4) is 0 Å². The summed E-state index contributed by atoms with van der Waals surface area (Å²) in [6.07, 6.45) is 0. The van der Waals surface area contributed by atoms with Gasteiger partial charge in [0.1, 0.15) is 5.01 Å². The molecule has 0 radical (unpaired) electrons. The Kier molecular flexibility index (Phi) is 8.58. The number of hydrogen-bond donors (Lipinski definition) is 2. The van der Waals surface area contributed by atoms with Crippen LogP contribution in [0, 0.1) is 0 Å². The molecular formula is C20H31N5S. The van der Waals surface area contributed by atoms with Gasteiger partial charge in [0.05, 0.1) is 12.2 Å². The summed E-state index contributed by atoms with van der Waals surface area (Å²) in [6.45, 7) is 10.6. The molecule has 0 unspecified atom stereocenters. The Morgan fingerprint density at radius 2 is 2.00 bits per heavy atom. The van der Waals surface area contributed by atoms with Crippen LogP contribution in [0.4, 0.5) is 0 Å².